The van der Waals surface area contributed by atoms with Gasteiger partial charge in [0.1, 0.15) is 17.1 Å². The van der Waals surface area contributed by atoms with Crippen LogP contribution in [-0.4, -0.2) is 37.6 Å². The van der Waals surface area contributed by atoms with Crippen molar-refractivity contribution in [1.29, 1.82) is 0 Å². The van der Waals surface area contributed by atoms with Crippen molar-refractivity contribution in [2.24, 2.45) is 0 Å². The van der Waals surface area contributed by atoms with Crippen molar-refractivity contribution in [2.45, 2.75) is 51.7 Å². The molecule has 6 heteroatoms. The van der Waals surface area contributed by atoms with Crippen molar-refractivity contribution in [1.82, 2.24) is 0 Å². The van der Waals surface area contributed by atoms with Crippen molar-refractivity contribution < 1.29 is 30.0 Å². The lowest BCUT2D eigenvalue weighted by Gasteiger charge is -2.41. The Balaban J connectivity index is 2.12. The molecule has 1 aliphatic heterocycles. The Morgan fingerprint density at radius 1 is 1.06 bits per heavy atom. The van der Waals surface area contributed by atoms with Crippen LogP contribution in [0.1, 0.15) is 44.4 Å². The van der Waals surface area contributed by atoms with E-state index in [0.717, 1.165) is 11.1 Å². The van der Waals surface area contributed by atoms with E-state index in [4.69, 9.17) is 4.74 Å². The van der Waals surface area contributed by atoms with Crippen LogP contribution in [-0.2, 0) is 22.4 Å². The molecule has 1 heterocycles. The highest BCUT2D eigenvalue weighted by Gasteiger charge is 2.57. The van der Waals surface area contributed by atoms with Crippen molar-refractivity contribution in [2.75, 3.05) is 0 Å². The van der Waals surface area contributed by atoms with Crippen molar-refractivity contribution in [3.8, 4) is 11.5 Å². The maximum absolute atomic E-state index is 12.4. The van der Waals surface area contributed by atoms with E-state index < -0.39 is 22.9 Å². The van der Waals surface area contributed by atoms with Gasteiger partial charge in [-0.1, -0.05) is 35.9 Å². The van der Waals surface area contributed by atoms with Crippen molar-refractivity contribution in [3.63, 3.8) is 0 Å². The zero-order chi connectivity index (χ0) is 23.0. The molecule has 1 unspecified atom stereocenters. The minimum Gasteiger partial charge on any atom is -0.508 e. The summed E-state index contributed by atoms with van der Waals surface area (Å²) in [4.78, 5) is 12.4. The zero-order valence-corrected chi connectivity index (χ0v) is 18.1. The molecule has 4 N–H and O–H groups in total. The molecule has 1 aliphatic rings. The molecule has 6 nitrogen and oxygen atoms in total. The number of aromatic hydroxyl groups is 2. The molecule has 0 radical (unpaired) electrons. The molecule has 31 heavy (non-hydrogen) atoms. The fourth-order valence-corrected chi connectivity index (χ4v) is 3.83. The first kappa shape index (κ1) is 22.4. The first-order valence-electron chi connectivity index (χ1n) is 10.1. The molecule has 1 atom stereocenters. The first-order chi connectivity index (χ1) is 14.4. The van der Waals surface area contributed by atoms with Crippen molar-refractivity contribution >= 4 is 11.5 Å². The van der Waals surface area contributed by atoms with Crippen LogP contribution in [0.2, 0.25) is 0 Å². The molecule has 0 bridgehead atoms. The Morgan fingerprint density at radius 2 is 1.71 bits per heavy atom. The number of allylic oxidation sites excluding steroid dienone is 2. The number of cyclic esters (lactones) is 1. The van der Waals surface area contributed by atoms with Gasteiger partial charge in [0.05, 0.1) is 5.57 Å². The number of phenolic OH excluding ortho intramolecular Hbond substituents is 2. The predicted molar refractivity (Wildman–Crippen MR) is 118 cm³/mol. The highest BCUT2D eigenvalue weighted by atomic mass is 16.6. The van der Waals surface area contributed by atoms with Crippen LogP contribution in [0.25, 0.3) is 5.57 Å². The number of aliphatic hydroxyl groups excluding tert-OH is 1. The number of phenols is 2. The maximum Gasteiger partial charge on any atom is 0.374 e. The number of aliphatic hydroxyl groups is 2. The number of benzene rings is 2. The normalized spacial score (nSPS) is 18.8. The van der Waals surface area contributed by atoms with Gasteiger partial charge in [0.15, 0.2) is 5.60 Å². The van der Waals surface area contributed by atoms with Crippen LogP contribution in [0.4, 0.5) is 0 Å². The summed E-state index contributed by atoms with van der Waals surface area (Å²) in [6.07, 6.45) is 2.60. The number of hydrogen-bond acceptors (Lipinski definition) is 6. The van der Waals surface area contributed by atoms with E-state index >= 15 is 0 Å². The smallest absolute Gasteiger partial charge is 0.374 e. The van der Waals surface area contributed by atoms with E-state index in [2.05, 4.69) is 0 Å². The fourth-order valence-electron chi connectivity index (χ4n) is 3.83. The van der Waals surface area contributed by atoms with E-state index in [9.17, 15) is 25.2 Å². The summed E-state index contributed by atoms with van der Waals surface area (Å²) < 4.78 is 5.65. The maximum atomic E-state index is 12.4. The topological polar surface area (TPSA) is 107 Å². The number of hydrogen-bond donors (Lipinski definition) is 4. The molecule has 0 aromatic heterocycles. The summed E-state index contributed by atoms with van der Waals surface area (Å²) >= 11 is 0. The Hall–Kier alpha value is -3.25. The van der Waals surface area contributed by atoms with Gasteiger partial charge in [-0.2, -0.15) is 0 Å². The van der Waals surface area contributed by atoms with Crippen LogP contribution in [0.15, 0.2) is 59.9 Å². The van der Waals surface area contributed by atoms with Gasteiger partial charge < -0.3 is 25.2 Å². The standard InChI is InChI=1S/C25H28O6/c1-15(2)5-7-18-13-16(6-12-20(18)27)14-25(24(3,4)30)21(22(28)23(29)31-25)17-8-10-19(26)11-9-17/h5-6,8-13,26-28,30H,7,14H2,1-4H3. The summed E-state index contributed by atoms with van der Waals surface area (Å²) in [5.41, 5.74) is 0.0127. The van der Waals surface area contributed by atoms with Gasteiger partial charge in [0.2, 0.25) is 5.76 Å². The largest absolute Gasteiger partial charge is 0.508 e. The van der Waals surface area contributed by atoms with E-state index in [1.165, 1.54) is 26.0 Å². The lowest BCUT2D eigenvalue weighted by molar-refractivity contribution is -0.166. The van der Waals surface area contributed by atoms with Crippen LogP contribution in [0.5, 0.6) is 11.5 Å². The summed E-state index contributed by atoms with van der Waals surface area (Å²) in [6.45, 7) is 6.98. The number of carbonyl (C=O) groups is 1. The molecule has 0 fully saturated rings. The van der Waals surface area contributed by atoms with Crippen molar-refractivity contribution in [3.05, 3.63) is 76.6 Å². The molecular formula is C25H28O6. The van der Waals surface area contributed by atoms with E-state index in [-0.39, 0.29) is 23.5 Å². The van der Waals surface area contributed by atoms with Gasteiger partial charge in [-0.25, -0.2) is 4.79 Å². The predicted octanol–water partition coefficient (Wildman–Crippen LogP) is 4.18. The number of rotatable bonds is 6. The summed E-state index contributed by atoms with van der Waals surface area (Å²) in [5, 5.41) is 41.6. The molecule has 0 spiro atoms. The van der Waals surface area contributed by atoms with Crippen LogP contribution >= 0.6 is 0 Å². The van der Waals surface area contributed by atoms with Crippen LogP contribution < -0.4 is 0 Å². The van der Waals surface area contributed by atoms with Gasteiger partial charge in [0.25, 0.3) is 0 Å². The van der Waals surface area contributed by atoms with Gasteiger partial charge in [-0.15, -0.1) is 0 Å². The van der Waals surface area contributed by atoms with Crippen LogP contribution in [0, 0.1) is 0 Å². The summed E-state index contributed by atoms with van der Waals surface area (Å²) in [7, 11) is 0. The third kappa shape index (κ3) is 4.30. The highest BCUT2D eigenvalue weighted by Crippen LogP contribution is 2.48. The Bertz CT molecular complexity index is 1050. The third-order valence-electron chi connectivity index (χ3n) is 5.57. The number of carbonyl (C=O) groups excluding carboxylic acids is 1. The van der Waals surface area contributed by atoms with Gasteiger partial charge in [-0.05, 0) is 69.0 Å². The molecule has 2 aromatic rings. The molecule has 0 amide bonds. The summed E-state index contributed by atoms with van der Waals surface area (Å²) in [5.74, 6) is -1.31. The first-order valence-corrected chi connectivity index (χ1v) is 10.1. The molecule has 3 rings (SSSR count). The van der Waals surface area contributed by atoms with Crippen LogP contribution in [0.3, 0.4) is 0 Å². The van der Waals surface area contributed by atoms with Gasteiger partial charge in [-0.3, -0.25) is 0 Å². The van der Waals surface area contributed by atoms with Gasteiger partial charge >= 0.3 is 5.97 Å². The van der Waals surface area contributed by atoms with Gasteiger partial charge in [0, 0.05) is 6.42 Å². The fraction of sp³-hybridized carbons (Fsp3) is 0.320. The third-order valence-corrected chi connectivity index (χ3v) is 5.57. The lowest BCUT2D eigenvalue weighted by atomic mass is 9.73. The Kier molecular flexibility index (Phi) is 5.87. The average molecular weight is 424 g/mol. The second-order valence-corrected chi connectivity index (χ2v) is 8.67. The average Bonchev–Trinajstić information content (AvgIpc) is 2.94. The molecular weight excluding hydrogens is 396 g/mol. The van der Waals surface area contributed by atoms with E-state index in [0.29, 0.717) is 17.5 Å². The molecule has 2 aromatic carbocycles. The monoisotopic (exact) mass is 424 g/mol. The highest BCUT2D eigenvalue weighted by molar-refractivity contribution is 6.02. The quantitative estimate of drug-likeness (QED) is 0.409. The van der Waals surface area contributed by atoms with E-state index in [1.54, 1.807) is 30.3 Å². The molecule has 0 saturated carbocycles. The summed E-state index contributed by atoms with van der Waals surface area (Å²) in [6, 6.07) is 11.1. The zero-order valence-electron chi connectivity index (χ0n) is 18.1. The number of ether oxygens (including phenoxy) is 1. The lowest BCUT2D eigenvalue weighted by Crippen LogP contribution is -2.53. The Morgan fingerprint density at radius 3 is 2.29 bits per heavy atom. The molecule has 0 saturated heterocycles. The Labute approximate surface area is 181 Å². The molecule has 164 valence electrons. The minimum absolute atomic E-state index is 0.0328. The number of esters is 1. The molecule has 0 aliphatic carbocycles. The second kappa shape index (κ2) is 8.12. The minimum atomic E-state index is -1.57. The van der Waals surface area contributed by atoms with E-state index in [1.807, 2.05) is 19.9 Å². The SMILES string of the molecule is CC(C)=CCc1cc(CC2(C(C)(C)O)OC(=O)C(O)=C2c2ccc(O)cc2)ccc1O. The second-order valence-electron chi connectivity index (χ2n) is 8.67.